The summed E-state index contributed by atoms with van der Waals surface area (Å²) in [5, 5.41) is 4.02. The van der Waals surface area contributed by atoms with Gasteiger partial charge in [0.2, 0.25) is 10.0 Å². The molecule has 6 nitrogen and oxygen atoms in total. The normalized spacial score (nSPS) is 11.6. The zero-order valence-electron chi connectivity index (χ0n) is 9.87. The highest BCUT2D eigenvalue weighted by Crippen LogP contribution is 2.19. The maximum Gasteiger partial charge on any atom is 0.242 e. The fraction of sp³-hybridized carbons (Fsp3) is 0.182. The van der Waals surface area contributed by atoms with E-state index in [2.05, 4.69) is 9.82 Å². The molecule has 0 bridgehead atoms. The highest BCUT2D eigenvalue weighted by Gasteiger charge is 2.18. The lowest BCUT2D eigenvalue weighted by molar-refractivity contribution is 0.583. The number of nitrogens with one attached hydrogen (secondary N) is 1. The average molecular weight is 266 g/mol. The lowest BCUT2D eigenvalue weighted by atomic mass is 10.3. The van der Waals surface area contributed by atoms with Gasteiger partial charge in [-0.05, 0) is 12.1 Å². The van der Waals surface area contributed by atoms with Crippen molar-refractivity contribution in [1.82, 2.24) is 14.5 Å². The number of nitrogens with zero attached hydrogens (tertiary/aromatic N) is 2. The topological polar surface area (TPSA) is 90.0 Å². The van der Waals surface area contributed by atoms with Gasteiger partial charge in [-0.1, -0.05) is 19.1 Å². The number of anilines is 1. The first-order valence-corrected chi connectivity index (χ1v) is 6.92. The van der Waals surface area contributed by atoms with Crippen molar-refractivity contribution in [1.29, 1.82) is 0 Å². The van der Waals surface area contributed by atoms with Crippen LogP contribution in [0, 0.1) is 0 Å². The van der Waals surface area contributed by atoms with E-state index in [4.69, 9.17) is 5.73 Å². The van der Waals surface area contributed by atoms with E-state index in [-0.39, 0.29) is 4.90 Å². The van der Waals surface area contributed by atoms with Crippen LogP contribution in [0.15, 0.2) is 41.6 Å². The number of hydrogen-bond donors (Lipinski definition) is 2. The van der Waals surface area contributed by atoms with E-state index in [9.17, 15) is 8.42 Å². The van der Waals surface area contributed by atoms with Gasteiger partial charge in [-0.2, -0.15) is 5.10 Å². The molecule has 0 saturated heterocycles. The SMILES string of the molecule is CCNS(=O)(=O)c1ccccc1-n1cc(N)cn1. The molecule has 1 aromatic heterocycles. The van der Waals surface area contributed by atoms with Gasteiger partial charge in [0, 0.05) is 6.54 Å². The van der Waals surface area contributed by atoms with Gasteiger partial charge in [-0.25, -0.2) is 17.8 Å². The molecule has 0 radical (unpaired) electrons. The number of aromatic nitrogens is 2. The van der Waals surface area contributed by atoms with E-state index in [1.54, 1.807) is 31.3 Å². The summed E-state index contributed by atoms with van der Waals surface area (Å²) in [6.45, 7) is 2.06. The van der Waals surface area contributed by atoms with Crippen LogP contribution in [0.5, 0.6) is 0 Å². The molecule has 96 valence electrons. The Balaban J connectivity index is 2.57. The van der Waals surface area contributed by atoms with E-state index in [0.29, 0.717) is 17.9 Å². The lowest BCUT2D eigenvalue weighted by Crippen LogP contribution is -2.24. The molecule has 18 heavy (non-hydrogen) atoms. The number of rotatable bonds is 4. The molecule has 0 unspecified atom stereocenters. The standard InChI is InChI=1S/C11H14N4O2S/c1-2-14-18(16,17)11-6-4-3-5-10(11)15-8-9(12)7-13-15/h3-8,14H,2,12H2,1H3. The van der Waals surface area contributed by atoms with Crippen LogP contribution in [-0.2, 0) is 10.0 Å². The van der Waals surface area contributed by atoms with Crippen molar-refractivity contribution < 1.29 is 8.42 Å². The van der Waals surface area contributed by atoms with Crippen molar-refractivity contribution in [3.63, 3.8) is 0 Å². The minimum atomic E-state index is -3.53. The highest BCUT2D eigenvalue weighted by atomic mass is 32.2. The van der Waals surface area contributed by atoms with E-state index >= 15 is 0 Å². The van der Waals surface area contributed by atoms with Crippen LogP contribution in [0.4, 0.5) is 5.69 Å². The van der Waals surface area contributed by atoms with E-state index in [1.807, 2.05) is 0 Å². The smallest absolute Gasteiger partial charge is 0.242 e. The number of hydrogen-bond acceptors (Lipinski definition) is 4. The summed E-state index contributed by atoms with van der Waals surface area (Å²) in [7, 11) is -3.53. The Morgan fingerprint density at radius 3 is 2.72 bits per heavy atom. The Kier molecular flexibility index (Phi) is 3.35. The van der Waals surface area contributed by atoms with Crippen LogP contribution in [0.2, 0.25) is 0 Å². The fourth-order valence-electron chi connectivity index (χ4n) is 1.61. The van der Waals surface area contributed by atoms with Gasteiger partial charge in [0.25, 0.3) is 0 Å². The Morgan fingerprint density at radius 2 is 2.11 bits per heavy atom. The summed E-state index contributed by atoms with van der Waals surface area (Å²) in [6.07, 6.45) is 3.04. The third-order valence-electron chi connectivity index (χ3n) is 2.34. The monoisotopic (exact) mass is 266 g/mol. The molecular formula is C11H14N4O2S. The molecule has 0 aliphatic heterocycles. The number of nitrogen functional groups attached to an aromatic ring is 1. The Morgan fingerprint density at radius 1 is 1.39 bits per heavy atom. The zero-order chi connectivity index (χ0) is 13.2. The molecule has 2 aromatic rings. The van der Waals surface area contributed by atoms with Crippen LogP contribution in [-0.4, -0.2) is 24.7 Å². The van der Waals surface area contributed by atoms with Gasteiger partial charge < -0.3 is 5.73 Å². The van der Waals surface area contributed by atoms with Crippen molar-refractivity contribution in [2.45, 2.75) is 11.8 Å². The van der Waals surface area contributed by atoms with Gasteiger partial charge in [0.15, 0.2) is 0 Å². The number of benzene rings is 1. The van der Waals surface area contributed by atoms with Gasteiger partial charge >= 0.3 is 0 Å². The molecule has 0 amide bonds. The van der Waals surface area contributed by atoms with Crippen LogP contribution in [0.1, 0.15) is 6.92 Å². The number of nitrogens with two attached hydrogens (primary N) is 1. The second kappa shape index (κ2) is 4.79. The third kappa shape index (κ3) is 2.36. The van der Waals surface area contributed by atoms with Crippen molar-refractivity contribution in [3.8, 4) is 5.69 Å². The van der Waals surface area contributed by atoms with Crippen molar-refractivity contribution in [3.05, 3.63) is 36.7 Å². The second-order valence-corrected chi connectivity index (χ2v) is 5.42. The molecule has 7 heteroatoms. The first kappa shape index (κ1) is 12.6. The van der Waals surface area contributed by atoms with E-state index in [0.717, 1.165) is 0 Å². The summed E-state index contributed by atoms with van der Waals surface area (Å²) in [5.74, 6) is 0. The van der Waals surface area contributed by atoms with Crippen LogP contribution in [0.25, 0.3) is 5.69 Å². The molecule has 1 aromatic carbocycles. The maximum atomic E-state index is 12.0. The molecule has 2 rings (SSSR count). The molecule has 0 aliphatic carbocycles. The molecule has 0 atom stereocenters. The summed E-state index contributed by atoms with van der Waals surface area (Å²) in [5.41, 5.74) is 6.53. The summed E-state index contributed by atoms with van der Waals surface area (Å²) < 4.78 is 28.0. The highest BCUT2D eigenvalue weighted by molar-refractivity contribution is 7.89. The Hall–Kier alpha value is -1.86. The first-order valence-electron chi connectivity index (χ1n) is 5.44. The summed E-state index contributed by atoms with van der Waals surface area (Å²) in [4.78, 5) is 0.176. The molecule has 0 spiro atoms. The molecule has 1 heterocycles. The molecular weight excluding hydrogens is 252 g/mol. The van der Waals surface area contributed by atoms with Crippen LogP contribution in [0.3, 0.4) is 0 Å². The minimum Gasteiger partial charge on any atom is -0.396 e. The van der Waals surface area contributed by atoms with Gasteiger partial charge in [0.1, 0.15) is 4.90 Å². The predicted octanol–water partition coefficient (Wildman–Crippen LogP) is 0.753. The number of sulfonamides is 1. The fourth-order valence-corrected chi connectivity index (χ4v) is 2.84. The molecule has 0 fully saturated rings. The average Bonchev–Trinajstić information content (AvgIpc) is 2.76. The lowest BCUT2D eigenvalue weighted by Gasteiger charge is -2.10. The van der Waals surface area contributed by atoms with E-state index in [1.165, 1.54) is 16.9 Å². The van der Waals surface area contributed by atoms with E-state index < -0.39 is 10.0 Å². The van der Waals surface area contributed by atoms with Gasteiger partial charge in [0.05, 0.1) is 23.8 Å². The Bertz CT molecular complexity index is 649. The van der Waals surface area contributed by atoms with Gasteiger partial charge in [-0.3, -0.25) is 0 Å². The first-order chi connectivity index (χ1) is 8.54. The van der Waals surface area contributed by atoms with Crippen molar-refractivity contribution >= 4 is 15.7 Å². The number of para-hydroxylation sites is 1. The molecule has 0 aliphatic rings. The van der Waals surface area contributed by atoms with Gasteiger partial charge in [-0.15, -0.1) is 0 Å². The quantitative estimate of drug-likeness (QED) is 0.854. The summed E-state index contributed by atoms with van der Waals surface area (Å²) in [6, 6.07) is 6.63. The maximum absolute atomic E-state index is 12.0. The molecule has 3 N–H and O–H groups in total. The largest absolute Gasteiger partial charge is 0.396 e. The van der Waals surface area contributed by atoms with Crippen LogP contribution >= 0.6 is 0 Å². The van der Waals surface area contributed by atoms with Crippen molar-refractivity contribution in [2.24, 2.45) is 0 Å². The zero-order valence-corrected chi connectivity index (χ0v) is 10.7. The molecule has 0 saturated carbocycles. The third-order valence-corrected chi connectivity index (χ3v) is 3.93. The van der Waals surface area contributed by atoms with Crippen molar-refractivity contribution in [2.75, 3.05) is 12.3 Å². The summed E-state index contributed by atoms with van der Waals surface area (Å²) >= 11 is 0. The predicted molar refractivity (Wildman–Crippen MR) is 68.8 cm³/mol. The Labute approximate surface area is 105 Å². The van der Waals surface area contributed by atoms with Crippen LogP contribution < -0.4 is 10.5 Å². The minimum absolute atomic E-state index is 0.176. The second-order valence-electron chi connectivity index (χ2n) is 3.69.